The van der Waals surface area contributed by atoms with E-state index in [-0.39, 0.29) is 17.6 Å². The maximum Gasteiger partial charge on any atom is 0.314 e. The molecular formula is C9H10ClFN2O. The fraction of sp³-hybridized carbons (Fsp3) is 0.222. The third-order valence-corrected chi connectivity index (χ3v) is 1.99. The fourth-order valence-electron chi connectivity index (χ4n) is 0.949. The molecule has 0 atom stereocenters. The van der Waals surface area contributed by atoms with Crippen molar-refractivity contribution in [2.45, 2.75) is 6.54 Å². The SMILES string of the molecule is CNC(=O)NCc1cccc(Cl)c1F. The number of benzene rings is 1. The molecule has 5 heteroatoms. The molecule has 0 saturated carbocycles. The smallest absolute Gasteiger partial charge is 0.314 e. The Morgan fingerprint density at radius 3 is 2.93 bits per heavy atom. The maximum atomic E-state index is 13.3. The number of halogens is 2. The minimum absolute atomic E-state index is 0.0567. The number of hydrogen-bond donors (Lipinski definition) is 2. The zero-order chi connectivity index (χ0) is 10.6. The Morgan fingerprint density at radius 1 is 1.57 bits per heavy atom. The van der Waals surface area contributed by atoms with Gasteiger partial charge in [0.05, 0.1) is 5.02 Å². The molecule has 0 spiro atoms. The topological polar surface area (TPSA) is 41.1 Å². The van der Waals surface area contributed by atoms with Crippen LogP contribution in [0.5, 0.6) is 0 Å². The number of rotatable bonds is 2. The van der Waals surface area contributed by atoms with E-state index in [4.69, 9.17) is 11.6 Å². The van der Waals surface area contributed by atoms with Crippen molar-refractivity contribution in [1.82, 2.24) is 10.6 Å². The molecule has 0 bridgehead atoms. The van der Waals surface area contributed by atoms with Crippen LogP contribution in [0.2, 0.25) is 5.02 Å². The summed E-state index contributed by atoms with van der Waals surface area (Å²) < 4.78 is 13.3. The number of hydrogen-bond acceptors (Lipinski definition) is 1. The average Bonchev–Trinajstić information content (AvgIpc) is 2.20. The second kappa shape index (κ2) is 4.81. The lowest BCUT2D eigenvalue weighted by Crippen LogP contribution is -2.32. The molecule has 0 heterocycles. The first-order chi connectivity index (χ1) is 6.65. The summed E-state index contributed by atoms with van der Waals surface area (Å²) in [4.78, 5) is 10.8. The lowest BCUT2D eigenvalue weighted by Gasteiger charge is -2.06. The molecule has 2 N–H and O–H groups in total. The van der Waals surface area contributed by atoms with Crippen LogP contribution in [0.25, 0.3) is 0 Å². The van der Waals surface area contributed by atoms with Gasteiger partial charge in [0.1, 0.15) is 5.82 Å². The molecule has 0 saturated heterocycles. The van der Waals surface area contributed by atoms with Gasteiger partial charge in [-0.15, -0.1) is 0 Å². The summed E-state index contributed by atoms with van der Waals surface area (Å²) >= 11 is 5.56. The van der Waals surface area contributed by atoms with E-state index in [9.17, 15) is 9.18 Å². The van der Waals surface area contributed by atoms with Crippen LogP contribution in [0.15, 0.2) is 18.2 Å². The zero-order valence-corrected chi connectivity index (χ0v) is 8.36. The number of carbonyl (C=O) groups excluding carboxylic acids is 1. The standard InChI is InChI=1S/C9H10ClFN2O/c1-12-9(14)13-5-6-3-2-4-7(10)8(6)11/h2-4H,5H2,1H3,(H2,12,13,14). The average molecular weight is 217 g/mol. The van der Waals surface area contributed by atoms with Crippen molar-refractivity contribution in [3.05, 3.63) is 34.6 Å². The van der Waals surface area contributed by atoms with Crippen LogP contribution in [-0.2, 0) is 6.54 Å². The molecule has 0 fully saturated rings. The molecule has 0 unspecified atom stereocenters. The van der Waals surface area contributed by atoms with Crippen LogP contribution >= 0.6 is 11.6 Å². The van der Waals surface area contributed by atoms with Crippen molar-refractivity contribution >= 4 is 17.6 Å². The van der Waals surface area contributed by atoms with Gasteiger partial charge in [-0.1, -0.05) is 23.7 Å². The summed E-state index contributed by atoms with van der Waals surface area (Å²) in [5, 5.41) is 4.89. The molecule has 0 radical (unpaired) electrons. The van der Waals surface area contributed by atoms with E-state index in [0.29, 0.717) is 5.56 Å². The van der Waals surface area contributed by atoms with Gasteiger partial charge >= 0.3 is 6.03 Å². The van der Waals surface area contributed by atoms with E-state index in [1.165, 1.54) is 13.1 Å². The van der Waals surface area contributed by atoms with Crippen LogP contribution in [0.4, 0.5) is 9.18 Å². The van der Waals surface area contributed by atoms with Gasteiger partial charge in [0.25, 0.3) is 0 Å². The van der Waals surface area contributed by atoms with Crippen LogP contribution < -0.4 is 10.6 Å². The van der Waals surface area contributed by atoms with Crippen LogP contribution in [-0.4, -0.2) is 13.1 Å². The molecule has 1 aromatic rings. The highest BCUT2D eigenvalue weighted by Crippen LogP contribution is 2.17. The Balaban J connectivity index is 2.68. The fourth-order valence-corrected chi connectivity index (χ4v) is 1.14. The van der Waals surface area contributed by atoms with Crippen LogP contribution in [0, 0.1) is 5.82 Å². The zero-order valence-electron chi connectivity index (χ0n) is 7.60. The summed E-state index contributed by atoms with van der Waals surface area (Å²) in [5.41, 5.74) is 0.362. The van der Waals surface area contributed by atoms with E-state index in [2.05, 4.69) is 10.6 Å². The van der Waals surface area contributed by atoms with Crippen LogP contribution in [0.3, 0.4) is 0 Å². The summed E-state index contributed by atoms with van der Waals surface area (Å²) in [6, 6.07) is 4.30. The van der Waals surface area contributed by atoms with Gasteiger partial charge in [0.15, 0.2) is 0 Å². The van der Waals surface area contributed by atoms with Gasteiger partial charge in [-0.2, -0.15) is 0 Å². The summed E-state index contributed by atoms with van der Waals surface area (Å²) in [7, 11) is 1.49. The van der Waals surface area contributed by atoms with Crippen molar-refractivity contribution < 1.29 is 9.18 Å². The van der Waals surface area contributed by atoms with E-state index >= 15 is 0 Å². The van der Waals surface area contributed by atoms with Gasteiger partial charge in [-0.3, -0.25) is 0 Å². The van der Waals surface area contributed by atoms with E-state index in [1.807, 2.05) is 0 Å². The predicted octanol–water partition coefficient (Wildman–Crippen LogP) is 1.91. The quantitative estimate of drug-likeness (QED) is 0.779. The van der Waals surface area contributed by atoms with Crippen molar-refractivity contribution in [1.29, 1.82) is 0 Å². The lowest BCUT2D eigenvalue weighted by atomic mass is 10.2. The van der Waals surface area contributed by atoms with Gasteiger partial charge in [0.2, 0.25) is 0 Å². The summed E-state index contributed by atoms with van der Waals surface area (Å²) in [5.74, 6) is -0.495. The molecule has 0 aromatic heterocycles. The van der Waals surface area contributed by atoms with Gasteiger partial charge < -0.3 is 10.6 Å². The van der Waals surface area contributed by atoms with E-state index < -0.39 is 5.82 Å². The van der Waals surface area contributed by atoms with E-state index in [1.54, 1.807) is 12.1 Å². The molecule has 1 aromatic carbocycles. The minimum atomic E-state index is -0.495. The Morgan fingerprint density at radius 2 is 2.29 bits per heavy atom. The molecule has 3 nitrogen and oxygen atoms in total. The number of amides is 2. The first kappa shape index (κ1) is 10.8. The maximum absolute atomic E-state index is 13.3. The Bertz CT molecular complexity index is 344. The highest BCUT2D eigenvalue weighted by atomic mass is 35.5. The number of nitrogens with one attached hydrogen (secondary N) is 2. The minimum Gasteiger partial charge on any atom is -0.341 e. The number of carbonyl (C=O) groups is 1. The molecule has 14 heavy (non-hydrogen) atoms. The third kappa shape index (κ3) is 2.60. The normalized spacial score (nSPS) is 9.64. The molecule has 2 amide bonds. The monoisotopic (exact) mass is 216 g/mol. The van der Waals surface area contributed by atoms with Gasteiger partial charge in [-0.05, 0) is 6.07 Å². The summed E-state index contributed by atoms with van der Waals surface area (Å²) in [6.45, 7) is 0.117. The van der Waals surface area contributed by atoms with Crippen molar-refractivity contribution in [2.24, 2.45) is 0 Å². The van der Waals surface area contributed by atoms with Gasteiger partial charge in [0, 0.05) is 19.2 Å². The predicted molar refractivity (Wildman–Crippen MR) is 52.7 cm³/mol. The first-order valence-corrected chi connectivity index (χ1v) is 4.41. The van der Waals surface area contributed by atoms with Crippen LogP contribution in [0.1, 0.15) is 5.56 Å². The van der Waals surface area contributed by atoms with Gasteiger partial charge in [-0.25, -0.2) is 9.18 Å². The Labute approximate surface area is 86.3 Å². The lowest BCUT2D eigenvalue weighted by molar-refractivity contribution is 0.242. The molecule has 0 aliphatic rings. The highest BCUT2D eigenvalue weighted by molar-refractivity contribution is 6.30. The Kier molecular flexibility index (Phi) is 3.71. The molecular weight excluding hydrogens is 207 g/mol. The first-order valence-electron chi connectivity index (χ1n) is 4.03. The summed E-state index contributed by atoms with van der Waals surface area (Å²) in [6.07, 6.45) is 0. The molecule has 0 aliphatic carbocycles. The second-order valence-corrected chi connectivity index (χ2v) is 3.05. The molecule has 1 rings (SSSR count). The molecule has 0 aliphatic heterocycles. The largest absolute Gasteiger partial charge is 0.341 e. The van der Waals surface area contributed by atoms with Crippen molar-refractivity contribution in [3.63, 3.8) is 0 Å². The van der Waals surface area contributed by atoms with Crippen molar-refractivity contribution in [3.8, 4) is 0 Å². The Hall–Kier alpha value is -1.29. The van der Waals surface area contributed by atoms with Crippen molar-refractivity contribution in [2.75, 3.05) is 7.05 Å². The van der Waals surface area contributed by atoms with E-state index in [0.717, 1.165) is 0 Å². The highest BCUT2D eigenvalue weighted by Gasteiger charge is 2.06. The number of urea groups is 1. The second-order valence-electron chi connectivity index (χ2n) is 2.65. The molecule has 76 valence electrons. The third-order valence-electron chi connectivity index (χ3n) is 1.70.